The van der Waals surface area contributed by atoms with Crippen molar-refractivity contribution in [3.05, 3.63) is 29.8 Å². The van der Waals surface area contributed by atoms with E-state index in [4.69, 9.17) is 10.5 Å². The van der Waals surface area contributed by atoms with E-state index in [0.717, 1.165) is 30.5 Å². The third-order valence-electron chi connectivity index (χ3n) is 3.50. The molecular weight excluding hydrogens is 212 g/mol. The molecule has 3 nitrogen and oxygen atoms in total. The molecule has 2 N–H and O–H groups in total. The van der Waals surface area contributed by atoms with Crippen molar-refractivity contribution in [3.8, 4) is 5.75 Å². The number of rotatable bonds is 5. The van der Waals surface area contributed by atoms with Gasteiger partial charge in [0.05, 0.1) is 0 Å². The van der Waals surface area contributed by atoms with Crippen molar-refractivity contribution in [1.82, 2.24) is 4.90 Å². The molecule has 1 fully saturated rings. The summed E-state index contributed by atoms with van der Waals surface area (Å²) >= 11 is 0. The standard InChI is InChI=1S/C14H22N2O/c1-12-3-2-8-16(12)9-10-17-14-6-4-13(11-15)5-7-14/h4-7,12H,2-3,8-11,15H2,1H3. The van der Waals surface area contributed by atoms with Gasteiger partial charge in [0.15, 0.2) is 0 Å². The van der Waals surface area contributed by atoms with Gasteiger partial charge in [0, 0.05) is 19.1 Å². The number of hydrogen-bond acceptors (Lipinski definition) is 3. The lowest BCUT2D eigenvalue weighted by Gasteiger charge is -2.20. The van der Waals surface area contributed by atoms with Gasteiger partial charge in [-0.1, -0.05) is 12.1 Å². The Bertz CT molecular complexity index is 337. The van der Waals surface area contributed by atoms with Crippen molar-refractivity contribution in [2.45, 2.75) is 32.4 Å². The highest BCUT2D eigenvalue weighted by molar-refractivity contribution is 5.27. The maximum atomic E-state index is 5.73. The summed E-state index contributed by atoms with van der Waals surface area (Å²) in [5.74, 6) is 0.939. The molecule has 0 bridgehead atoms. The number of nitrogens with two attached hydrogens (primary N) is 1. The summed E-state index contributed by atoms with van der Waals surface area (Å²) in [4.78, 5) is 2.49. The van der Waals surface area contributed by atoms with E-state index in [1.165, 1.54) is 19.4 Å². The molecule has 0 spiro atoms. The highest BCUT2D eigenvalue weighted by Crippen LogP contribution is 2.16. The van der Waals surface area contributed by atoms with Crippen LogP contribution >= 0.6 is 0 Å². The third kappa shape index (κ3) is 3.45. The Balaban J connectivity index is 1.73. The van der Waals surface area contributed by atoms with Gasteiger partial charge >= 0.3 is 0 Å². The lowest BCUT2D eigenvalue weighted by atomic mass is 10.2. The van der Waals surface area contributed by atoms with E-state index in [9.17, 15) is 0 Å². The Kier molecular flexibility index (Phi) is 4.40. The molecule has 1 aromatic carbocycles. The van der Waals surface area contributed by atoms with E-state index in [1.54, 1.807) is 0 Å². The zero-order chi connectivity index (χ0) is 12.1. The molecule has 0 aliphatic carbocycles. The van der Waals surface area contributed by atoms with Gasteiger partial charge in [0.2, 0.25) is 0 Å². The Labute approximate surface area is 104 Å². The minimum Gasteiger partial charge on any atom is -0.492 e. The Morgan fingerprint density at radius 1 is 1.35 bits per heavy atom. The van der Waals surface area contributed by atoms with Gasteiger partial charge in [-0.3, -0.25) is 4.90 Å². The molecule has 0 radical (unpaired) electrons. The maximum Gasteiger partial charge on any atom is 0.119 e. The van der Waals surface area contributed by atoms with E-state index in [1.807, 2.05) is 24.3 Å². The Morgan fingerprint density at radius 2 is 2.12 bits per heavy atom. The third-order valence-corrected chi connectivity index (χ3v) is 3.50. The molecular formula is C14H22N2O. The minimum atomic E-state index is 0.589. The highest BCUT2D eigenvalue weighted by atomic mass is 16.5. The summed E-state index contributed by atoms with van der Waals surface area (Å²) in [7, 11) is 0. The molecule has 94 valence electrons. The molecule has 1 aliphatic rings. The fraction of sp³-hybridized carbons (Fsp3) is 0.571. The second-order valence-corrected chi connectivity index (χ2v) is 4.72. The van der Waals surface area contributed by atoms with Gasteiger partial charge in [-0.25, -0.2) is 0 Å². The second-order valence-electron chi connectivity index (χ2n) is 4.72. The highest BCUT2D eigenvalue weighted by Gasteiger charge is 2.19. The number of nitrogens with zero attached hydrogens (tertiary/aromatic N) is 1. The van der Waals surface area contributed by atoms with Crippen molar-refractivity contribution in [2.24, 2.45) is 5.73 Å². The summed E-state index contributed by atoms with van der Waals surface area (Å²) in [6, 6.07) is 8.76. The maximum absolute atomic E-state index is 5.73. The van der Waals surface area contributed by atoms with Gasteiger partial charge in [-0.05, 0) is 44.0 Å². The predicted molar refractivity (Wildman–Crippen MR) is 70.1 cm³/mol. The molecule has 0 aromatic heterocycles. The summed E-state index contributed by atoms with van der Waals surface area (Å²) < 4.78 is 5.73. The van der Waals surface area contributed by atoms with Crippen molar-refractivity contribution in [3.63, 3.8) is 0 Å². The fourth-order valence-electron chi connectivity index (χ4n) is 2.33. The van der Waals surface area contributed by atoms with Crippen LogP contribution in [0.25, 0.3) is 0 Å². The van der Waals surface area contributed by atoms with Gasteiger partial charge in [0.25, 0.3) is 0 Å². The molecule has 1 saturated heterocycles. The average Bonchev–Trinajstić information content (AvgIpc) is 2.76. The van der Waals surface area contributed by atoms with Crippen LogP contribution in [0, 0.1) is 0 Å². The molecule has 0 amide bonds. The predicted octanol–water partition coefficient (Wildman–Crippen LogP) is 2.01. The molecule has 1 unspecified atom stereocenters. The summed E-state index contributed by atoms with van der Waals surface area (Å²) in [5.41, 5.74) is 6.69. The topological polar surface area (TPSA) is 38.5 Å². The number of likely N-dealkylation sites (tertiary alicyclic amines) is 1. The van der Waals surface area contributed by atoms with Gasteiger partial charge in [0.1, 0.15) is 12.4 Å². The number of ether oxygens (including phenoxy) is 1. The quantitative estimate of drug-likeness (QED) is 0.847. The van der Waals surface area contributed by atoms with E-state index in [-0.39, 0.29) is 0 Å². The normalized spacial score (nSPS) is 20.7. The largest absolute Gasteiger partial charge is 0.492 e. The average molecular weight is 234 g/mol. The van der Waals surface area contributed by atoms with Gasteiger partial charge < -0.3 is 10.5 Å². The van der Waals surface area contributed by atoms with E-state index in [2.05, 4.69) is 11.8 Å². The lowest BCUT2D eigenvalue weighted by Crippen LogP contribution is -2.31. The number of benzene rings is 1. The number of hydrogen-bond donors (Lipinski definition) is 1. The van der Waals surface area contributed by atoms with Crippen molar-refractivity contribution in [2.75, 3.05) is 19.7 Å². The van der Waals surface area contributed by atoms with Crippen LogP contribution in [0.1, 0.15) is 25.3 Å². The monoisotopic (exact) mass is 234 g/mol. The van der Waals surface area contributed by atoms with Crippen LogP contribution in [-0.2, 0) is 6.54 Å². The molecule has 1 aliphatic heterocycles. The molecule has 17 heavy (non-hydrogen) atoms. The van der Waals surface area contributed by atoms with Gasteiger partial charge in [-0.2, -0.15) is 0 Å². The first-order chi connectivity index (χ1) is 8.29. The van der Waals surface area contributed by atoms with Crippen LogP contribution in [0.15, 0.2) is 24.3 Å². The lowest BCUT2D eigenvalue weighted by molar-refractivity contribution is 0.204. The SMILES string of the molecule is CC1CCCN1CCOc1ccc(CN)cc1. The molecule has 1 aromatic rings. The van der Waals surface area contributed by atoms with Gasteiger partial charge in [-0.15, -0.1) is 0 Å². The van der Waals surface area contributed by atoms with E-state index >= 15 is 0 Å². The van der Waals surface area contributed by atoms with Crippen LogP contribution in [0.5, 0.6) is 5.75 Å². The first-order valence-corrected chi connectivity index (χ1v) is 6.45. The molecule has 1 atom stereocenters. The first-order valence-electron chi connectivity index (χ1n) is 6.45. The first kappa shape index (κ1) is 12.4. The second kappa shape index (κ2) is 6.03. The molecule has 3 heteroatoms. The van der Waals surface area contributed by atoms with E-state index < -0.39 is 0 Å². The minimum absolute atomic E-state index is 0.589. The van der Waals surface area contributed by atoms with Crippen molar-refractivity contribution in [1.29, 1.82) is 0 Å². The zero-order valence-electron chi connectivity index (χ0n) is 10.6. The molecule has 2 rings (SSSR count). The van der Waals surface area contributed by atoms with Crippen LogP contribution in [0.4, 0.5) is 0 Å². The van der Waals surface area contributed by atoms with Crippen LogP contribution < -0.4 is 10.5 Å². The van der Waals surface area contributed by atoms with Crippen LogP contribution in [0.3, 0.4) is 0 Å². The fourth-order valence-corrected chi connectivity index (χ4v) is 2.33. The van der Waals surface area contributed by atoms with Crippen LogP contribution in [-0.4, -0.2) is 30.6 Å². The summed E-state index contributed by atoms with van der Waals surface area (Å²) in [6.45, 7) is 5.90. The molecule has 1 heterocycles. The van der Waals surface area contributed by atoms with Crippen molar-refractivity contribution >= 4 is 0 Å². The zero-order valence-corrected chi connectivity index (χ0v) is 10.6. The summed E-state index contributed by atoms with van der Waals surface area (Å²) in [6.07, 6.45) is 2.65. The van der Waals surface area contributed by atoms with E-state index in [0.29, 0.717) is 6.54 Å². The molecule has 0 saturated carbocycles. The smallest absolute Gasteiger partial charge is 0.119 e. The summed E-state index contributed by atoms with van der Waals surface area (Å²) in [5, 5.41) is 0. The Morgan fingerprint density at radius 3 is 2.71 bits per heavy atom. The van der Waals surface area contributed by atoms with Crippen molar-refractivity contribution < 1.29 is 4.74 Å². The van der Waals surface area contributed by atoms with Crippen LogP contribution in [0.2, 0.25) is 0 Å². The Hall–Kier alpha value is -1.06.